The van der Waals surface area contributed by atoms with E-state index in [-0.39, 0.29) is 5.02 Å². The Labute approximate surface area is 118 Å². The first-order valence-corrected chi connectivity index (χ1v) is 6.63. The fourth-order valence-corrected chi connectivity index (χ4v) is 2.46. The Morgan fingerprint density at radius 3 is 2.89 bits per heavy atom. The number of rotatable bonds is 3. The zero-order valence-electron chi connectivity index (χ0n) is 9.70. The molecule has 96 valence electrons. The molecule has 6 heteroatoms. The van der Waals surface area contributed by atoms with Gasteiger partial charge in [-0.25, -0.2) is 4.39 Å². The number of nitrogens with zero attached hydrogens (tertiary/aromatic N) is 2. The molecule has 0 saturated carbocycles. The number of nitrogens with two attached hydrogens (primary N) is 1. The summed E-state index contributed by atoms with van der Waals surface area (Å²) in [4.78, 5) is 0. The Kier molecular flexibility index (Phi) is 4.04. The van der Waals surface area contributed by atoms with Gasteiger partial charge in [-0.3, -0.25) is 4.68 Å². The predicted molar refractivity (Wildman–Crippen MR) is 73.0 cm³/mol. The molecule has 1 atom stereocenters. The van der Waals surface area contributed by atoms with Crippen LogP contribution < -0.4 is 5.73 Å². The molecule has 1 aromatic heterocycles. The summed E-state index contributed by atoms with van der Waals surface area (Å²) >= 11 is 9.06. The normalized spacial score (nSPS) is 12.7. The predicted octanol–water partition coefficient (Wildman–Crippen LogP) is 3.51. The second-order valence-corrected chi connectivity index (χ2v) is 5.11. The SMILES string of the molecule is CCn1ncc(Br)c1C(N)c1ccc(Cl)c(F)c1. The molecule has 0 saturated heterocycles. The van der Waals surface area contributed by atoms with Gasteiger partial charge < -0.3 is 5.73 Å². The van der Waals surface area contributed by atoms with Gasteiger partial charge >= 0.3 is 0 Å². The van der Waals surface area contributed by atoms with Gasteiger partial charge in [-0.1, -0.05) is 17.7 Å². The van der Waals surface area contributed by atoms with E-state index in [1.54, 1.807) is 16.9 Å². The van der Waals surface area contributed by atoms with E-state index >= 15 is 0 Å². The van der Waals surface area contributed by atoms with Crippen LogP contribution in [0, 0.1) is 5.82 Å². The van der Waals surface area contributed by atoms with Crippen molar-refractivity contribution in [3.05, 3.63) is 51.0 Å². The summed E-state index contributed by atoms with van der Waals surface area (Å²) in [5, 5.41) is 4.28. The Hall–Kier alpha value is -0.910. The number of halogens is 3. The van der Waals surface area contributed by atoms with Crippen LogP contribution in [0.3, 0.4) is 0 Å². The highest BCUT2D eigenvalue weighted by molar-refractivity contribution is 9.10. The molecule has 0 radical (unpaired) electrons. The maximum Gasteiger partial charge on any atom is 0.142 e. The van der Waals surface area contributed by atoms with Gasteiger partial charge in [-0.2, -0.15) is 5.10 Å². The quantitative estimate of drug-likeness (QED) is 0.935. The van der Waals surface area contributed by atoms with Crippen molar-refractivity contribution in [3.8, 4) is 0 Å². The van der Waals surface area contributed by atoms with Crippen LogP contribution in [0.15, 0.2) is 28.9 Å². The number of aromatic nitrogens is 2. The third-order valence-corrected chi connectivity index (χ3v) is 3.65. The van der Waals surface area contributed by atoms with Crippen molar-refractivity contribution < 1.29 is 4.39 Å². The van der Waals surface area contributed by atoms with E-state index in [0.29, 0.717) is 12.1 Å². The van der Waals surface area contributed by atoms with Gasteiger partial charge in [0.05, 0.1) is 27.4 Å². The maximum atomic E-state index is 13.4. The first-order valence-electron chi connectivity index (χ1n) is 5.46. The first-order chi connectivity index (χ1) is 8.54. The molecular weight excluding hydrogens is 321 g/mol. The highest BCUT2D eigenvalue weighted by atomic mass is 79.9. The molecule has 18 heavy (non-hydrogen) atoms. The van der Waals surface area contributed by atoms with Gasteiger partial charge in [0.15, 0.2) is 0 Å². The first kappa shape index (κ1) is 13.5. The molecule has 1 aromatic carbocycles. The Bertz CT molecular complexity index is 570. The summed E-state index contributed by atoms with van der Waals surface area (Å²) in [6.45, 7) is 2.67. The summed E-state index contributed by atoms with van der Waals surface area (Å²) in [6, 6.07) is 4.13. The van der Waals surface area contributed by atoms with Crippen molar-refractivity contribution in [1.29, 1.82) is 0 Å². The smallest absolute Gasteiger partial charge is 0.142 e. The fourth-order valence-electron chi connectivity index (χ4n) is 1.80. The lowest BCUT2D eigenvalue weighted by atomic mass is 10.0. The van der Waals surface area contributed by atoms with E-state index in [4.69, 9.17) is 17.3 Å². The van der Waals surface area contributed by atoms with Gasteiger partial charge in [0.2, 0.25) is 0 Å². The molecule has 2 rings (SSSR count). The molecule has 1 heterocycles. The number of hydrogen-bond acceptors (Lipinski definition) is 2. The van der Waals surface area contributed by atoms with Crippen LogP contribution in [0.5, 0.6) is 0 Å². The number of aryl methyl sites for hydroxylation is 1. The minimum absolute atomic E-state index is 0.0917. The standard InChI is InChI=1S/C12H12BrClFN3/c1-2-18-12(8(13)6-17-18)11(16)7-3-4-9(14)10(15)5-7/h3-6,11H,2,16H2,1H3. The average Bonchev–Trinajstić information content (AvgIpc) is 2.73. The van der Waals surface area contributed by atoms with Crippen LogP contribution >= 0.6 is 27.5 Å². The minimum Gasteiger partial charge on any atom is -0.319 e. The van der Waals surface area contributed by atoms with Crippen LogP contribution in [-0.2, 0) is 6.54 Å². The fraction of sp³-hybridized carbons (Fsp3) is 0.250. The number of benzene rings is 1. The topological polar surface area (TPSA) is 43.8 Å². The van der Waals surface area contributed by atoms with Crippen molar-refractivity contribution >= 4 is 27.5 Å². The third kappa shape index (κ3) is 2.43. The van der Waals surface area contributed by atoms with Gasteiger partial charge in [0.1, 0.15) is 5.82 Å². The van der Waals surface area contributed by atoms with E-state index in [9.17, 15) is 4.39 Å². The second kappa shape index (κ2) is 5.38. The summed E-state index contributed by atoms with van der Waals surface area (Å²) in [6.07, 6.45) is 1.69. The van der Waals surface area contributed by atoms with Crippen molar-refractivity contribution in [2.24, 2.45) is 5.73 Å². The van der Waals surface area contributed by atoms with Crippen LogP contribution in [0.1, 0.15) is 24.2 Å². The zero-order chi connectivity index (χ0) is 13.3. The summed E-state index contributed by atoms with van der Waals surface area (Å²) in [7, 11) is 0. The summed E-state index contributed by atoms with van der Waals surface area (Å²) in [5.74, 6) is -0.469. The van der Waals surface area contributed by atoms with Crippen molar-refractivity contribution in [2.75, 3.05) is 0 Å². The van der Waals surface area contributed by atoms with E-state index in [2.05, 4.69) is 21.0 Å². The van der Waals surface area contributed by atoms with Crippen molar-refractivity contribution in [1.82, 2.24) is 9.78 Å². The monoisotopic (exact) mass is 331 g/mol. The van der Waals surface area contributed by atoms with Crippen molar-refractivity contribution in [3.63, 3.8) is 0 Å². The average molecular weight is 333 g/mol. The summed E-state index contributed by atoms with van der Waals surface area (Å²) < 4.78 is 16.0. The molecule has 0 aliphatic rings. The molecule has 0 amide bonds. The van der Waals surface area contributed by atoms with E-state index < -0.39 is 11.9 Å². The molecular formula is C12H12BrClFN3. The maximum absolute atomic E-state index is 13.4. The highest BCUT2D eigenvalue weighted by Gasteiger charge is 2.18. The van der Waals surface area contributed by atoms with Gasteiger partial charge in [-0.15, -0.1) is 0 Å². The summed E-state index contributed by atoms with van der Waals surface area (Å²) in [5.41, 5.74) is 7.64. The van der Waals surface area contributed by atoms with Gasteiger partial charge in [0.25, 0.3) is 0 Å². The molecule has 2 N–H and O–H groups in total. The third-order valence-electron chi connectivity index (χ3n) is 2.73. The van der Waals surface area contributed by atoms with Crippen molar-refractivity contribution in [2.45, 2.75) is 19.5 Å². The van der Waals surface area contributed by atoms with Gasteiger partial charge in [-0.05, 0) is 40.5 Å². The van der Waals surface area contributed by atoms with Crippen LogP contribution in [-0.4, -0.2) is 9.78 Å². The molecule has 3 nitrogen and oxygen atoms in total. The molecule has 1 unspecified atom stereocenters. The highest BCUT2D eigenvalue weighted by Crippen LogP contribution is 2.28. The van der Waals surface area contributed by atoms with Crippen LogP contribution in [0.25, 0.3) is 0 Å². The van der Waals surface area contributed by atoms with E-state index in [0.717, 1.165) is 10.2 Å². The van der Waals surface area contributed by atoms with Gasteiger partial charge in [0, 0.05) is 6.54 Å². The van der Waals surface area contributed by atoms with E-state index in [1.165, 1.54) is 12.1 Å². The lowest BCUT2D eigenvalue weighted by Gasteiger charge is -2.15. The Morgan fingerprint density at radius 1 is 1.56 bits per heavy atom. The minimum atomic E-state index is -0.469. The van der Waals surface area contributed by atoms with E-state index in [1.807, 2.05) is 6.92 Å². The number of hydrogen-bond donors (Lipinski definition) is 1. The lowest BCUT2D eigenvalue weighted by Crippen LogP contribution is -2.17. The zero-order valence-corrected chi connectivity index (χ0v) is 12.0. The molecule has 0 bridgehead atoms. The van der Waals surface area contributed by atoms with Crippen LogP contribution in [0.2, 0.25) is 5.02 Å². The van der Waals surface area contributed by atoms with Crippen LogP contribution in [0.4, 0.5) is 4.39 Å². The second-order valence-electron chi connectivity index (χ2n) is 3.84. The Morgan fingerprint density at radius 2 is 2.28 bits per heavy atom. The molecule has 0 fully saturated rings. The largest absolute Gasteiger partial charge is 0.319 e. The molecule has 0 spiro atoms. The molecule has 0 aliphatic heterocycles. The molecule has 2 aromatic rings. The lowest BCUT2D eigenvalue weighted by molar-refractivity contribution is 0.593. The molecule has 0 aliphatic carbocycles. The Balaban J connectivity index is 2.44.